The summed E-state index contributed by atoms with van der Waals surface area (Å²) >= 11 is 0. The van der Waals surface area contributed by atoms with Crippen LogP contribution in [0.4, 0.5) is 0 Å². The molecule has 0 radical (unpaired) electrons. The molecule has 0 saturated heterocycles. The Balaban J connectivity index is 1.50. The van der Waals surface area contributed by atoms with Gasteiger partial charge < -0.3 is 19.3 Å². The van der Waals surface area contributed by atoms with Gasteiger partial charge in [-0.05, 0) is 104 Å². The van der Waals surface area contributed by atoms with E-state index in [-0.39, 0.29) is 12.2 Å². The average molecular weight is 477 g/mol. The Morgan fingerprint density at radius 1 is 1.03 bits per heavy atom. The molecule has 1 N–H and O–H groups in total. The van der Waals surface area contributed by atoms with Gasteiger partial charge in [0, 0.05) is 7.11 Å². The monoisotopic (exact) mass is 476 g/mol. The summed E-state index contributed by atoms with van der Waals surface area (Å²) in [6.07, 6.45) is 13.1. The first kappa shape index (κ1) is 26.6. The van der Waals surface area contributed by atoms with Gasteiger partial charge in [0.05, 0.1) is 25.4 Å². The highest BCUT2D eigenvalue weighted by atomic mass is 16.7. The van der Waals surface area contributed by atoms with Crippen molar-refractivity contribution in [1.82, 2.24) is 0 Å². The van der Waals surface area contributed by atoms with Crippen LogP contribution in [0, 0.1) is 52.3 Å². The number of fused-ring (bicyclic) bond motifs is 5. The molecule has 196 valence electrons. The molecule has 0 heterocycles. The zero-order valence-electron chi connectivity index (χ0n) is 22.6. The van der Waals surface area contributed by atoms with Crippen molar-refractivity contribution in [2.24, 2.45) is 52.3 Å². The van der Waals surface area contributed by atoms with Gasteiger partial charge in [-0.25, -0.2) is 0 Å². The van der Waals surface area contributed by atoms with E-state index in [1.807, 2.05) is 0 Å². The molecule has 0 aliphatic heterocycles. The lowest BCUT2D eigenvalue weighted by Crippen LogP contribution is -2.62. The molecule has 0 aromatic heterocycles. The van der Waals surface area contributed by atoms with Gasteiger partial charge in [-0.15, -0.1) is 6.58 Å². The van der Waals surface area contributed by atoms with Crippen molar-refractivity contribution in [3.63, 3.8) is 0 Å². The molecule has 11 atom stereocenters. The van der Waals surface area contributed by atoms with Gasteiger partial charge in [0.2, 0.25) is 0 Å². The Hall–Kier alpha value is -0.420. The van der Waals surface area contributed by atoms with Crippen LogP contribution in [0.2, 0.25) is 0 Å². The Morgan fingerprint density at radius 3 is 2.47 bits per heavy atom. The van der Waals surface area contributed by atoms with E-state index in [2.05, 4.69) is 40.3 Å². The Kier molecular flexibility index (Phi) is 8.55. The van der Waals surface area contributed by atoms with Crippen molar-refractivity contribution in [2.45, 2.75) is 97.7 Å². The van der Waals surface area contributed by atoms with Gasteiger partial charge in [0.1, 0.15) is 6.79 Å². The normalized spacial score (nSPS) is 46.9. The van der Waals surface area contributed by atoms with Crippen LogP contribution in [0.5, 0.6) is 0 Å². The van der Waals surface area contributed by atoms with Crippen LogP contribution < -0.4 is 0 Å². The molecule has 0 spiro atoms. The van der Waals surface area contributed by atoms with E-state index in [0.29, 0.717) is 66.3 Å². The highest BCUT2D eigenvalue weighted by molar-refractivity contribution is 5.13. The standard InChI is InChI=1S/C30H52O4/c1-7-9-20(3)23-10-11-24-27-25(13-15-29(23,24)4)30(5)14-12-21(34-19-33-17-16-32-6)18-26(30)22(8-2)28(27)31/h7,20-28,31H,1,8-19H2,2-6H3/t20-,21-,22-,23-,24+,25+,26?,27?,28-,29?,30?/m1/s1. The van der Waals surface area contributed by atoms with Crippen LogP contribution in [0.25, 0.3) is 0 Å². The van der Waals surface area contributed by atoms with Gasteiger partial charge >= 0.3 is 0 Å². The molecule has 4 nitrogen and oxygen atoms in total. The number of rotatable bonds is 10. The minimum absolute atomic E-state index is 0.164. The SMILES string of the molecule is C=CC[C@@H](C)[C@H]1CC[C@H]2C3[C@H](O)[C@H](CC)C4C[C@H](OCOCCOC)CCC4(C)[C@H]3CCC12C. The van der Waals surface area contributed by atoms with E-state index in [4.69, 9.17) is 14.2 Å². The molecule has 34 heavy (non-hydrogen) atoms. The van der Waals surface area contributed by atoms with Crippen LogP contribution in [-0.2, 0) is 14.2 Å². The maximum Gasteiger partial charge on any atom is 0.147 e. The summed E-state index contributed by atoms with van der Waals surface area (Å²) in [5.41, 5.74) is 0.708. The predicted molar refractivity (Wildman–Crippen MR) is 137 cm³/mol. The van der Waals surface area contributed by atoms with Crippen LogP contribution >= 0.6 is 0 Å². The van der Waals surface area contributed by atoms with Gasteiger partial charge in [0.15, 0.2) is 0 Å². The molecule has 0 amide bonds. The zero-order valence-corrected chi connectivity index (χ0v) is 22.6. The number of hydrogen-bond acceptors (Lipinski definition) is 4. The number of ether oxygens (including phenoxy) is 3. The van der Waals surface area contributed by atoms with Crippen molar-refractivity contribution in [1.29, 1.82) is 0 Å². The zero-order chi connectivity index (χ0) is 24.5. The maximum absolute atomic E-state index is 12.0. The fraction of sp³-hybridized carbons (Fsp3) is 0.933. The molecule has 4 unspecified atom stereocenters. The highest BCUT2D eigenvalue weighted by Crippen LogP contribution is 2.69. The van der Waals surface area contributed by atoms with Crippen LogP contribution in [0.3, 0.4) is 0 Å². The van der Waals surface area contributed by atoms with E-state index in [0.717, 1.165) is 31.6 Å². The summed E-state index contributed by atoms with van der Waals surface area (Å²) in [4.78, 5) is 0. The molecule has 4 fully saturated rings. The molecule has 4 aliphatic rings. The minimum Gasteiger partial charge on any atom is -0.393 e. The lowest BCUT2D eigenvalue weighted by atomic mass is 9.41. The topological polar surface area (TPSA) is 47.9 Å². The van der Waals surface area contributed by atoms with Crippen molar-refractivity contribution in [3.05, 3.63) is 12.7 Å². The summed E-state index contributed by atoms with van der Waals surface area (Å²) in [6.45, 7) is 15.5. The highest BCUT2D eigenvalue weighted by Gasteiger charge is 2.64. The minimum atomic E-state index is -0.164. The Bertz CT molecular complexity index is 681. The smallest absolute Gasteiger partial charge is 0.147 e. The van der Waals surface area contributed by atoms with Gasteiger partial charge in [-0.1, -0.05) is 40.2 Å². The molecule has 0 aromatic carbocycles. The largest absolute Gasteiger partial charge is 0.393 e. The first-order valence-corrected chi connectivity index (χ1v) is 14.3. The predicted octanol–water partition coefficient (Wildman–Crippen LogP) is 6.47. The average Bonchev–Trinajstić information content (AvgIpc) is 3.17. The molecule has 0 aromatic rings. The quantitative estimate of drug-likeness (QED) is 0.223. The second kappa shape index (κ2) is 10.9. The third kappa shape index (κ3) is 4.55. The lowest BCUT2D eigenvalue weighted by molar-refractivity contribution is -0.213. The van der Waals surface area contributed by atoms with Crippen LogP contribution in [0.15, 0.2) is 12.7 Å². The fourth-order valence-electron chi connectivity index (χ4n) is 9.84. The fourth-order valence-corrected chi connectivity index (χ4v) is 9.84. The van der Waals surface area contributed by atoms with E-state index < -0.39 is 0 Å². The summed E-state index contributed by atoms with van der Waals surface area (Å²) < 4.78 is 16.8. The summed E-state index contributed by atoms with van der Waals surface area (Å²) in [5.74, 6) is 4.21. The van der Waals surface area contributed by atoms with Crippen molar-refractivity contribution >= 4 is 0 Å². The van der Waals surface area contributed by atoms with E-state index in [9.17, 15) is 5.11 Å². The summed E-state index contributed by atoms with van der Waals surface area (Å²) in [5, 5.41) is 12.0. The molecule has 4 saturated carbocycles. The number of allylic oxidation sites excluding steroid dienone is 1. The van der Waals surface area contributed by atoms with Gasteiger partial charge in [-0.2, -0.15) is 0 Å². The third-order valence-corrected chi connectivity index (χ3v) is 11.5. The van der Waals surface area contributed by atoms with Crippen LogP contribution in [0.1, 0.15) is 85.5 Å². The summed E-state index contributed by atoms with van der Waals surface area (Å²) in [7, 11) is 1.69. The first-order chi connectivity index (χ1) is 16.3. The van der Waals surface area contributed by atoms with Crippen molar-refractivity contribution in [3.8, 4) is 0 Å². The Morgan fingerprint density at radius 2 is 1.76 bits per heavy atom. The van der Waals surface area contributed by atoms with E-state index in [1.54, 1.807) is 7.11 Å². The van der Waals surface area contributed by atoms with Crippen molar-refractivity contribution in [2.75, 3.05) is 27.1 Å². The second-order valence-corrected chi connectivity index (χ2v) is 12.8. The molecule has 4 heteroatoms. The Labute approximate surface area is 209 Å². The van der Waals surface area contributed by atoms with E-state index in [1.165, 1.54) is 32.1 Å². The second-order valence-electron chi connectivity index (χ2n) is 12.8. The molecule has 4 rings (SSSR count). The molecular weight excluding hydrogens is 424 g/mol. The number of hydrogen-bond donors (Lipinski definition) is 1. The third-order valence-electron chi connectivity index (χ3n) is 11.5. The van der Waals surface area contributed by atoms with E-state index >= 15 is 0 Å². The van der Waals surface area contributed by atoms with Crippen LogP contribution in [-0.4, -0.2) is 44.4 Å². The molecule has 0 bridgehead atoms. The maximum atomic E-state index is 12.0. The first-order valence-electron chi connectivity index (χ1n) is 14.3. The van der Waals surface area contributed by atoms with Crippen molar-refractivity contribution < 1.29 is 19.3 Å². The summed E-state index contributed by atoms with van der Waals surface area (Å²) in [6, 6.07) is 0. The molecule has 4 aliphatic carbocycles. The lowest BCUT2D eigenvalue weighted by Gasteiger charge is -2.65. The number of aliphatic hydroxyl groups is 1. The number of aliphatic hydroxyl groups excluding tert-OH is 1. The number of methoxy groups -OCH3 is 1. The van der Waals surface area contributed by atoms with Gasteiger partial charge in [-0.3, -0.25) is 0 Å². The molecular formula is C30H52O4. The van der Waals surface area contributed by atoms with Gasteiger partial charge in [0.25, 0.3) is 0 Å².